The lowest BCUT2D eigenvalue weighted by atomic mass is 9.80. The summed E-state index contributed by atoms with van der Waals surface area (Å²) >= 11 is 0. The molecule has 3 rings (SSSR count). The molecule has 0 aromatic heterocycles. The van der Waals surface area contributed by atoms with Crippen LogP contribution in [0, 0.1) is 13.8 Å². The van der Waals surface area contributed by atoms with Gasteiger partial charge in [0.15, 0.2) is 0 Å². The van der Waals surface area contributed by atoms with Gasteiger partial charge in [0.25, 0.3) is 0 Å². The Morgan fingerprint density at radius 3 is 2.74 bits per heavy atom. The van der Waals surface area contributed by atoms with E-state index in [1.807, 2.05) is 0 Å². The molecule has 2 nitrogen and oxygen atoms in total. The highest BCUT2D eigenvalue weighted by Crippen LogP contribution is 2.36. The minimum Gasteiger partial charge on any atom is -0.389 e. The summed E-state index contributed by atoms with van der Waals surface area (Å²) in [5.74, 6) is 0.657. The van der Waals surface area contributed by atoms with Crippen LogP contribution in [0.15, 0.2) is 18.2 Å². The van der Waals surface area contributed by atoms with Crippen molar-refractivity contribution in [2.24, 2.45) is 0 Å². The van der Waals surface area contributed by atoms with Gasteiger partial charge in [0.1, 0.15) is 0 Å². The average Bonchev–Trinajstić information content (AvgIpc) is 2.75. The van der Waals surface area contributed by atoms with Gasteiger partial charge < -0.3 is 5.11 Å². The Labute approximate surface area is 116 Å². The molecule has 0 radical (unpaired) electrons. The maximum absolute atomic E-state index is 10.3. The summed E-state index contributed by atoms with van der Waals surface area (Å²) < 4.78 is 0. The fourth-order valence-electron chi connectivity index (χ4n) is 3.67. The smallest absolute Gasteiger partial charge is 0.0774 e. The zero-order chi connectivity index (χ0) is 13.5. The molecule has 0 spiro atoms. The number of aliphatic hydroxyl groups is 1. The largest absolute Gasteiger partial charge is 0.389 e. The van der Waals surface area contributed by atoms with E-state index in [-0.39, 0.29) is 5.60 Å². The molecule has 1 saturated carbocycles. The van der Waals surface area contributed by atoms with Crippen molar-refractivity contribution in [2.45, 2.75) is 51.0 Å². The van der Waals surface area contributed by atoms with Crippen molar-refractivity contribution < 1.29 is 5.11 Å². The first kappa shape index (κ1) is 13.1. The van der Waals surface area contributed by atoms with Crippen molar-refractivity contribution in [3.05, 3.63) is 34.9 Å². The van der Waals surface area contributed by atoms with Gasteiger partial charge in [-0.25, -0.2) is 0 Å². The molecular formula is C17H25NO. The van der Waals surface area contributed by atoms with Crippen LogP contribution in [0.3, 0.4) is 0 Å². The Kier molecular flexibility index (Phi) is 3.40. The second-order valence-corrected chi connectivity index (χ2v) is 6.66. The number of hydrogen-bond donors (Lipinski definition) is 1. The molecule has 104 valence electrons. The molecule has 19 heavy (non-hydrogen) atoms. The van der Waals surface area contributed by atoms with Gasteiger partial charge in [-0.1, -0.05) is 23.8 Å². The molecule has 1 N–H and O–H groups in total. The highest BCUT2D eigenvalue weighted by Gasteiger charge is 2.38. The van der Waals surface area contributed by atoms with Crippen LogP contribution in [0.2, 0.25) is 0 Å². The summed E-state index contributed by atoms with van der Waals surface area (Å²) in [6, 6.07) is 6.82. The number of benzene rings is 1. The Hall–Kier alpha value is -0.860. The van der Waals surface area contributed by atoms with Gasteiger partial charge >= 0.3 is 0 Å². The van der Waals surface area contributed by atoms with Crippen molar-refractivity contribution in [2.75, 3.05) is 19.6 Å². The quantitative estimate of drug-likeness (QED) is 0.902. The molecule has 1 heterocycles. The third kappa shape index (κ3) is 2.70. The Morgan fingerprint density at radius 1 is 1.32 bits per heavy atom. The van der Waals surface area contributed by atoms with Crippen molar-refractivity contribution in [3.8, 4) is 0 Å². The number of rotatable bonds is 3. The predicted molar refractivity (Wildman–Crippen MR) is 78.5 cm³/mol. The molecule has 1 saturated heterocycles. The second kappa shape index (κ2) is 4.92. The van der Waals surface area contributed by atoms with E-state index < -0.39 is 0 Å². The Bertz CT molecular complexity index is 464. The summed E-state index contributed by atoms with van der Waals surface area (Å²) in [4.78, 5) is 2.46. The number of hydrogen-bond acceptors (Lipinski definition) is 2. The van der Waals surface area contributed by atoms with E-state index in [4.69, 9.17) is 0 Å². The first-order chi connectivity index (χ1) is 9.06. The third-order valence-corrected chi connectivity index (χ3v) is 4.94. The van der Waals surface area contributed by atoms with Crippen molar-refractivity contribution in [3.63, 3.8) is 0 Å². The molecule has 1 atom stereocenters. The Balaban J connectivity index is 1.65. The zero-order valence-electron chi connectivity index (χ0n) is 12.2. The van der Waals surface area contributed by atoms with Crippen molar-refractivity contribution >= 4 is 0 Å². The maximum Gasteiger partial charge on any atom is 0.0774 e. The van der Waals surface area contributed by atoms with Gasteiger partial charge in [-0.15, -0.1) is 0 Å². The Morgan fingerprint density at radius 2 is 2.11 bits per heavy atom. The van der Waals surface area contributed by atoms with Gasteiger partial charge in [-0.3, -0.25) is 4.90 Å². The van der Waals surface area contributed by atoms with Gasteiger partial charge in [0.05, 0.1) is 5.60 Å². The second-order valence-electron chi connectivity index (χ2n) is 6.66. The minimum atomic E-state index is -0.364. The van der Waals surface area contributed by atoms with Gasteiger partial charge in [0.2, 0.25) is 0 Å². The monoisotopic (exact) mass is 259 g/mol. The highest BCUT2D eigenvalue weighted by molar-refractivity contribution is 5.34. The average molecular weight is 259 g/mol. The van der Waals surface area contributed by atoms with Gasteiger partial charge in [0, 0.05) is 13.1 Å². The van der Waals surface area contributed by atoms with Crippen LogP contribution in [-0.2, 0) is 0 Å². The molecular weight excluding hydrogens is 234 g/mol. The first-order valence-electron chi connectivity index (χ1n) is 7.58. The zero-order valence-corrected chi connectivity index (χ0v) is 12.2. The van der Waals surface area contributed by atoms with E-state index in [2.05, 4.69) is 36.9 Å². The molecule has 0 amide bonds. The van der Waals surface area contributed by atoms with Crippen LogP contribution in [0.1, 0.15) is 48.3 Å². The van der Waals surface area contributed by atoms with E-state index in [1.54, 1.807) is 0 Å². The lowest BCUT2D eigenvalue weighted by molar-refractivity contribution is -0.0549. The van der Waals surface area contributed by atoms with Crippen molar-refractivity contribution in [1.29, 1.82) is 0 Å². The van der Waals surface area contributed by atoms with E-state index in [0.717, 1.165) is 32.5 Å². The van der Waals surface area contributed by atoms with Crippen LogP contribution < -0.4 is 0 Å². The number of likely N-dealkylation sites (tertiary alicyclic amines) is 1. The fourth-order valence-corrected chi connectivity index (χ4v) is 3.67. The van der Waals surface area contributed by atoms with Gasteiger partial charge in [-0.05, 0) is 63.1 Å². The summed E-state index contributed by atoms with van der Waals surface area (Å²) in [5.41, 5.74) is 3.92. The van der Waals surface area contributed by atoms with E-state index in [1.165, 1.54) is 29.5 Å². The standard InChI is InChI=1S/C17H25NO/c1-13-4-5-16(14(2)10-13)15-6-9-18(11-15)12-17(19)7-3-8-17/h4-5,10,15,19H,3,6-9,11-12H2,1-2H3. The van der Waals surface area contributed by atoms with E-state index >= 15 is 0 Å². The number of β-amino-alcohol motifs (C(OH)–C–C–N with tert-alkyl or cyclic N) is 1. The summed E-state index contributed by atoms with van der Waals surface area (Å²) in [6.45, 7) is 7.52. The number of nitrogens with zero attached hydrogens (tertiary/aromatic N) is 1. The number of aryl methyl sites for hydroxylation is 2. The molecule has 2 fully saturated rings. The summed E-state index contributed by atoms with van der Waals surface area (Å²) in [7, 11) is 0. The third-order valence-electron chi connectivity index (χ3n) is 4.94. The van der Waals surface area contributed by atoms with E-state index in [0.29, 0.717) is 5.92 Å². The lowest BCUT2D eigenvalue weighted by Gasteiger charge is -2.39. The molecule has 1 aromatic carbocycles. The minimum absolute atomic E-state index is 0.364. The van der Waals surface area contributed by atoms with Crippen LogP contribution in [-0.4, -0.2) is 35.2 Å². The molecule has 1 aromatic rings. The van der Waals surface area contributed by atoms with Crippen LogP contribution >= 0.6 is 0 Å². The van der Waals surface area contributed by atoms with Gasteiger partial charge in [-0.2, -0.15) is 0 Å². The molecule has 1 aliphatic carbocycles. The topological polar surface area (TPSA) is 23.5 Å². The first-order valence-corrected chi connectivity index (χ1v) is 7.58. The summed E-state index contributed by atoms with van der Waals surface area (Å²) in [6.07, 6.45) is 4.43. The van der Waals surface area contributed by atoms with E-state index in [9.17, 15) is 5.11 Å². The van der Waals surface area contributed by atoms with Crippen molar-refractivity contribution in [1.82, 2.24) is 4.90 Å². The van der Waals surface area contributed by atoms with Crippen LogP contribution in [0.5, 0.6) is 0 Å². The van der Waals surface area contributed by atoms with Crippen LogP contribution in [0.25, 0.3) is 0 Å². The highest BCUT2D eigenvalue weighted by atomic mass is 16.3. The SMILES string of the molecule is Cc1ccc(C2CCN(CC3(O)CCC3)C2)c(C)c1. The molecule has 1 unspecified atom stereocenters. The van der Waals surface area contributed by atoms with Crippen LogP contribution in [0.4, 0.5) is 0 Å². The molecule has 2 aliphatic rings. The molecule has 2 heteroatoms. The lowest BCUT2D eigenvalue weighted by Crippen LogP contribution is -2.47. The fraction of sp³-hybridized carbons (Fsp3) is 0.647. The normalized spacial score (nSPS) is 26.4. The summed E-state index contributed by atoms with van der Waals surface area (Å²) in [5, 5.41) is 10.3. The molecule has 1 aliphatic heterocycles. The maximum atomic E-state index is 10.3. The molecule has 0 bridgehead atoms. The predicted octanol–water partition coefficient (Wildman–Crippen LogP) is 3.01.